The Kier molecular flexibility index (Phi) is 28.7. The molecule has 0 spiro atoms. The first-order valence-corrected chi connectivity index (χ1v) is 7.12. The van der Waals surface area contributed by atoms with Crippen molar-refractivity contribution in [1.82, 2.24) is 0 Å². The maximum absolute atomic E-state index is 12.6. The van der Waals surface area contributed by atoms with Gasteiger partial charge < -0.3 is 54.5 Å². The first kappa shape index (κ1) is 42.6. The molecule has 0 fully saturated rings. The summed E-state index contributed by atoms with van der Waals surface area (Å²) >= 11 is 0. The van der Waals surface area contributed by atoms with E-state index >= 15 is 0 Å². The van der Waals surface area contributed by atoms with Crippen LogP contribution in [0, 0.1) is 6.92 Å². The van der Waals surface area contributed by atoms with Gasteiger partial charge >= 0.3 is 148 Å². The van der Waals surface area contributed by atoms with Crippen molar-refractivity contribution < 1.29 is 192 Å². The predicted octanol–water partition coefficient (Wildman–Crippen LogP) is -21.3. The van der Waals surface area contributed by atoms with Gasteiger partial charge in [0, 0.05) is 11.4 Å². The fraction of sp³-hybridized carbons (Fsp3) is 0.333. The first-order valence-electron chi connectivity index (χ1n) is 7.12. The van der Waals surface area contributed by atoms with Crippen molar-refractivity contribution >= 4 is 35.3 Å². The monoisotopic (exact) mass is 480 g/mol. The van der Waals surface area contributed by atoms with E-state index in [4.69, 9.17) is 0 Å². The van der Waals surface area contributed by atoms with Crippen LogP contribution >= 0.6 is 0 Å². The van der Waals surface area contributed by atoms with E-state index in [2.05, 4.69) is 0 Å². The topological polar surface area (TPSA) is 190 Å². The normalized spacial score (nSPS) is 8.55. The molecule has 11 nitrogen and oxygen atoms in total. The minimum atomic E-state index is -1.67. The molecule has 0 aliphatic carbocycles. The number of hydrogen-bond acceptors (Lipinski definition) is 11. The second kappa shape index (κ2) is 20.8. The molecule has 0 aromatic heterocycles. The average Bonchev–Trinajstić information content (AvgIpc) is 2.46. The van der Waals surface area contributed by atoms with Gasteiger partial charge in [-0.1, -0.05) is 5.75 Å². The predicted molar refractivity (Wildman–Crippen MR) is 75.1 cm³/mol. The second-order valence-electron chi connectivity index (χ2n) is 5.33. The van der Waals surface area contributed by atoms with Crippen molar-refractivity contribution in [2.45, 2.75) is 6.92 Å². The summed E-state index contributed by atoms with van der Waals surface area (Å²) in [4.78, 5) is 44.6. The third kappa shape index (κ3) is 15.9. The fourth-order valence-corrected chi connectivity index (χ4v) is 2.28. The molecule has 0 N–H and O–H groups in total. The Balaban J connectivity index is -0.000000451. The molecule has 0 bridgehead atoms. The third-order valence-corrected chi connectivity index (χ3v) is 3.16. The summed E-state index contributed by atoms with van der Waals surface area (Å²) in [5.74, 6) is -7.66. The molecular formula is C15H13N2Na5O9. The van der Waals surface area contributed by atoms with Crippen LogP contribution in [0.15, 0.2) is 12.1 Å². The van der Waals surface area contributed by atoms with Gasteiger partial charge in [0.05, 0.1) is 50.1 Å². The number of benzene rings is 1. The zero-order valence-corrected chi connectivity index (χ0v) is 28.6. The van der Waals surface area contributed by atoms with Gasteiger partial charge in [0.1, 0.15) is 0 Å². The third-order valence-electron chi connectivity index (χ3n) is 3.16. The number of anilines is 2. The second-order valence-corrected chi connectivity index (χ2v) is 5.33. The Bertz CT molecular complexity index is 663. The zero-order valence-electron chi connectivity index (χ0n) is 18.6. The van der Waals surface area contributed by atoms with Gasteiger partial charge in [-0.15, -0.1) is 0 Å². The van der Waals surface area contributed by atoms with E-state index in [0.29, 0.717) is 15.4 Å². The van der Waals surface area contributed by atoms with Gasteiger partial charge in [-0.2, -0.15) is 0 Å². The van der Waals surface area contributed by atoms with Gasteiger partial charge in [0.2, 0.25) is 0 Å². The van der Waals surface area contributed by atoms with Gasteiger partial charge in [-0.05, 0) is 24.6 Å². The van der Waals surface area contributed by atoms with E-state index in [1.165, 1.54) is 19.1 Å². The molecule has 1 aromatic carbocycles. The zero-order chi connectivity index (χ0) is 20.0. The molecule has 31 heavy (non-hydrogen) atoms. The number of hydrogen-bond donors (Lipinski definition) is 0. The molecule has 0 heterocycles. The summed E-state index contributed by atoms with van der Waals surface area (Å²) in [6.07, 6.45) is 0. The van der Waals surface area contributed by atoms with Crippen molar-refractivity contribution in [2.75, 3.05) is 36.0 Å². The van der Waals surface area contributed by atoms with Crippen LogP contribution in [0.2, 0.25) is 0 Å². The number of carbonyl (C=O) groups is 4. The Hall–Kier alpha value is 1.50. The smallest absolute Gasteiger partial charge is 0.870 e. The number of aliphatic carboxylic acids is 4. The maximum Gasteiger partial charge on any atom is 1.00 e. The Morgan fingerprint density at radius 1 is 0.645 bits per heavy atom. The average molecular weight is 480 g/mol. The molecule has 142 valence electrons. The van der Waals surface area contributed by atoms with Crippen LogP contribution in [0.4, 0.5) is 11.4 Å². The minimum Gasteiger partial charge on any atom is -0.870 e. The number of rotatable bonds is 10. The molecular weight excluding hydrogens is 467 g/mol. The van der Waals surface area contributed by atoms with E-state index in [-0.39, 0.29) is 148 Å². The summed E-state index contributed by atoms with van der Waals surface area (Å²) in [5, 5.41) is 55.9. The molecule has 0 saturated carbocycles. The van der Waals surface area contributed by atoms with Crippen LogP contribution in [-0.4, -0.2) is 50.1 Å². The number of carboxylic acids is 4. The van der Waals surface area contributed by atoms with E-state index in [0.717, 1.165) is 0 Å². The van der Waals surface area contributed by atoms with Crippen LogP contribution in [0.25, 0.3) is 0 Å². The quantitative estimate of drug-likeness (QED) is 0.289. The minimum absolute atomic E-state index is 0. The van der Waals surface area contributed by atoms with Gasteiger partial charge in [0.25, 0.3) is 0 Å². The van der Waals surface area contributed by atoms with Crippen molar-refractivity contribution in [1.29, 1.82) is 0 Å². The standard InChI is InChI=1S/C15H18N2O9.5Na/c1-8-2-9(16(4-11(18)19)5-12(20)21)15(26)10(3-8)17(6-13(22)23)7-14(24)25;;;;;/h2-3,26H,4-7H2,1H3,(H,18,19)(H,20,21)(H,22,23)(H,24,25);;;;;/q;5*+1/p-5. The van der Waals surface area contributed by atoms with E-state index in [1.54, 1.807) is 0 Å². The summed E-state index contributed by atoms with van der Waals surface area (Å²) in [7, 11) is 0. The molecule has 0 aliphatic heterocycles. The fourth-order valence-electron chi connectivity index (χ4n) is 2.28. The maximum atomic E-state index is 12.6. The Morgan fingerprint density at radius 2 is 0.871 bits per heavy atom. The molecule has 1 rings (SSSR count). The van der Waals surface area contributed by atoms with Gasteiger partial charge in [0.15, 0.2) is 0 Å². The van der Waals surface area contributed by atoms with Crippen molar-refractivity contribution in [2.24, 2.45) is 0 Å². The van der Waals surface area contributed by atoms with Gasteiger partial charge in [-0.25, -0.2) is 0 Å². The van der Waals surface area contributed by atoms with Crippen molar-refractivity contribution in [3.05, 3.63) is 17.7 Å². The van der Waals surface area contributed by atoms with E-state index in [1.807, 2.05) is 0 Å². The molecule has 0 aliphatic rings. The summed E-state index contributed by atoms with van der Waals surface area (Å²) < 4.78 is 0. The number of carbonyl (C=O) groups excluding carboxylic acids is 4. The van der Waals surface area contributed by atoms with Crippen LogP contribution < -0.4 is 183 Å². The largest absolute Gasteiger partial charge is 1.00 e. The van der Waals surface area contributed by atoms with Crippen LogP contribution in [0.3, 0.4) is 0 Å². The summed E-state index contributed by atoms with van der Waals surface area (Å²) in [6.45, 7) is -2.35. The molecule has 0 radical (unpaired) electrons. The van der Waals surface area contributed by atoms with Crippen LogP contribution in [0.1, 0.15) is 5.56 Å². The SMILES string of the molecule is Cc1cc(N(CC(=O)[O-])CC(=O)[O-])c([O-])c(N(CC(=O)[O-])CC(=O)[O-])c1.[Na+].[Na+].[Na+].[Na+].[Na+]. The summed E-state index contributed by atoms with van der Waals surface area (Å²) in [6, 6.07) is 2.35. The van der Waals surface area contributed by atoms with Crippen molar-refractivity contribution in [3.63, 3.8) is 0 Å². The Morgan fingerprint density at radius 3 is 1.06 bits per heavy atom. The van der Waals surface area contributed by atoms with Gasteiger partial charge in [-0.3, -0.25) is 0 Å². The van der Waals surface area contributed by atoms with Crippen LogP contribution in [-0.2, 0) is 19.2 Å². The molecule has 16 heteroatoms. The first-order chi connectivity index (χ1) is 12.0. The van der Waals surface area contributed by atoms with Crippen molar-refractivity contribution in [3.8, 4) is 5.75 Å². The van der Waals surface area contributed by atoms with E-state index < -0.39 is 67.2 Å². The molecule has 1 aromatic rings. The number of aryl methyl sites for hydroxylation is 1. The Labute approximate surface area is 289 Å². The summed E-state index contributed by atoms with van der Waals surface area (Å²) in [5.41, 5.74) is -0.469. The van der Waals surface area contributed by atoms with E-state index in [9.17, 15) is 44.7 Å². The molecule has 0 amide bonds. The number of nitrogens with zero attached hydrogens (tertiary/aromatic N) is 2. The number of carboxylic acid groups (broad SMARTS) is 4. The molecule has 0 atom stereocenters. The molecule has 0 unspecified atom stereocenters. The van der Waals surface area contributed by atoms with Crippen LogP contribution in [0.5, 0.6) is 5.75 Å². The molecule has 0 saturated heterocycles.